The molecule has 44 valence electrons. The van der Waals surface area contributed by atoms with Crippen LogP contribution in [0, 0.1) is 11.3 Å². The predicted molar refractivity (Wildman–Crippen MR) is 29.2 cm³/mol. The summed E-state index contributed by atoms with van der Waals surface area (Å²) in [5, 5.41) is 8.41. The Kier molecular flexibility index (Phi) is 1.22. The molecule has 0 heterocycles. The van der Waals surface area contributed by atoms with Crippen molar-refractivity contribution < 1.29 is 4.74 Å². The Bertz CT molecular complexity index is 121. The minimum Gasteiger partial charge on any atom is -0.360 e. The van der Waals surface area contributed by atoms with Gasteiger partial charge in [-0.25, -0.2) is 0 Å². The van der Waals surface area contributed by atoms with Crippen molar-refractivity contribution in [1.82, 2.24) is 0 Å². The normalized spacial score (nSPS) is 22.0. The third kappa shape index (κ3) is 0.823. The molecule has 0 aromatic rings. The summed E-state index contributed by atoms with van der Waals surface area (Å²) in [6.07, 6.45) is 1.86. The second-order valence-electron chi connectivity index (χ2n) is 2.04. The maximum Gasteiger partial charge on any atom is 0.154 e. The molecule has 0 aromatic heterocycles. The number of nitrogens with zero attached hydrogens (tertiary/aromatic N) is 1. The van der Waals surface area contributed by atoms with Crippen molar-refractivity contribution >= 4 is 0 Å². The highest BCUT2D eigenvalue weighted by Gasteiger charge is 2.44. The van der Waals surface area contributed by atoms with Gasteiger partial charge in [-0.2, -0.15) is 5.26 Å². The topological polar surface area (TPSA) is 33.0 Å². The van der Waals surface area contributed by atoms with Crippen LogP contribution >= 0.6 is 0 Å². The van der Waals surface area contributed by atoms with Crippen LogP contribution in [0.3, 0.4) is 0 Å². The summed E-state index contributed by atoms with van der Waals surface area (Å²) in [6, 6.07) is 2.13. The van der Waals surface area contributed by atoms with Gasteiger partial charge < -0.3 is 4.74 Å². The molecule has 0 spiro atoms. The van der Waals surface area contributed by atoms with Crippen molar-refractivity contribution in [3.8, 4) is 6.07 Å². The van der Waals surface area contributed by atoms with Crippen molar-refractivity contribution in [3.05, 3.63) is 0 Å². The summed E-state index contributed by atoms with van der Waals surface area (Å²) in [7, 11) is 0. The standard InChI is InChI=1S/C6H9NO/c1-2-8-6(5-7)3-4-6/h2-4H2,1H3. The molecule has 0 atom stereocenters. The Morgan fingerprint density at radius 2 is 2.38 bits per heavy atom. The van der Waals surface area contributed by atoms with Crippen LogP contribution in [0.25, 0.3) is 0 Å². The summed E-state index contributed by atoms with van der Waals surface area (Å²) < 4.78 is 5.13. The zero-order chi connectivity index (χ0) is 6.04. The van der Waals surface area contributed by atoms with E-state index in [0.717, 1.165) is 12.8 Å². The fraction of sp³-hybridized carbons (Fsp3) is 0.833. The summed E-state index contributed by atoms with van der Waals surface area (Å²) in [5.41, 5.74) is -0.352. The highest BCUT2D eigenvalue weighted by molar-refractivity contribution is 5.13. The number of hydrogen-bond acceptors (Lipinski definition) is 2. The molecular weight excluding hydrogens is 102 g/mol. The van der Waals surface area contributed by atoms with E-state index in [0.29, 0.717) is 6.61 Å². The number of nitriles is 1. The summed E-state index contributed by atoms with van der Waals surface area (Å²) in [6.45, 7) is 2.57. The van der Waals surface area contributed by atoms with Crippen molar-refractivity contribution in [3.63, 3.8) is 0 Å². The van der Waals surface area contributed by atoms with E-state index >= 15 is 0 Å². The summed E-state index contributed by atoms with van der Waals surface area (Å²) in [5.74, 6) is 0. The zero-order valence-electron chi connectivity index (χ0n) is 4.98. The lowest BCUT2D eigenvalue weighted by Gasteiger charge is -2.01. The van der Waals surface area contributed by atoms with Crippen LogP contribution in [-0.4, -0.2) is 12.2 Å². The SMILES string of the molecule is CCOC1(C#N)CC1. The van der Waals surface area contributed by atoms with E-state index in [9.17, 15) is 0 Å². The van der Waals surface area contributed by atoms with Crippen LogP contribution in [0.2, 0.25) is 0 Å². The second-order valence-corrected chi connectivity index (χ2v) is 2.04. The van der Waals surface area contributed by atoms with Gasteiger partial charge in [-0.3, -0.25) is 0 Å². The summed E-state index contributed by atoms with van der Waals surface area (Å²) >= 11 is 0. The van der Waals surface area contributed by atoms with Crippen LogP contribution in [0.15, 0.2) is 0 Å². The van der Waals surface area contributed by atoms with E-state index in [4.69, 9.17) is 10.00 Å². The molecule has 0 radical (unpaired) electrons. The van der Waals surface area contributed by atoms with E-state index in [1.807, 2.05) is 6.92 Å². The van der Waals surface area contributed by atoms with Crippen molar-refractivity contribution in [2.75, 3.05) is 6.61 Å². The third-order valence-corrected chi connectivity index (χ3v) is 1.33. The van der Waals surface area contributed by atoms with E-state index in [1.165, 1.54) is 0 Å². The largest absolute Gasteiger partial charge is 0.360 e. The van der Waals surface area contributed by atoms with Gasteiger partial charge in [0.25, 0.3) is 0 Å². The van der Waals surface area contributed by atoms with Gasteiger partial charge in [0.2, 0.25) is 0 Å². The predicted octanol–water partition coefficient (Wildman–Crippen LogP) is 1.08. The van der Waals surface area contributed by atoms with Gasteiger partial charge in [0.15, 0.2) is 5.60 Å². The lowest BCUT2D eigenvalue weighted by Crippen LogP contribution is -2.09. The molecule has 1 aliphatic carbocycles. The number of rotatable bonds is 2. The first-order chi connectivity index (χ1) is 3.83. The van der Waals surface area contributed by atoms with Crippen LogP contribution in [0.4, 0.5) is 0 Å². The van der Waals surface area contributed by atoms with Gasteiger partial charge in [-0.05, 0) is 19.8 Å². The van der Waals surface area contributed by atoms with Gasteiger partial charge in [-0.1, -0.05) is 0 Å². The zero-order valence-corrected chi connectivity index (χ0v) is 4.98. The molecule has 0 bridgehead atoms. The number of hydrogen-bond donors (Lipinski definition) is 0. The first-order valence-corrected chi connectivity index (χ1v) is 2.88. The molecular formula is C6H9NO. The van der Waals surface area contributed by atoms with Gasteiger partial charge in [-0.15, -0.1) is 0 Å². The van der Waals surface area contributed by atoms with Crippen molar-refractivity contribution in [1.29, 1.82) is 5.26 Å². The average Bonchev–Trinajstić information content (AvgIpc) is 2.50. The Hall–Kier alpha value is -0.550. The molecule has 0 aromatic carbocycles. The van der Waals surface area contributed by atoms with Gasteiger partial charge >= 0.3 is 0 Å². The molecule has 0 unspecified atom stereocenters. The monoisotopic (exact) mass is 111 g/mol. The Morgan fingerprint density at radius 1 is 1.75 bits per heavy atom. The van der Waals surface area contributed by atoms with Crippen molar-refractivity contribution in [2.24, 2.45) is 0 Å². The average molecular weight is 111 g/mol. The lowest BCUT2D eigenvalue weighted by atomic mass is 10.4. The second kappa shape index (κ2) is 1.75. The van der Waals surface area contributed by atoms with Crippen LogP contribution in [0.5, 0.6) is 0 Å². The fourth-order valence-electron chi connectivity index (χ4n) is 0.678. The number of ether oxygens (including phenoxy) is 1. The molecule has 1 aliphatic rings. The van der Waals surface area contributed by atoms with Crippen LogP contribution < -0.4 is 0 Å². The van der Waals surface area contributed by atoms with Gasteiger partial charge in [0, 0.05) is 6.61 Å². The maximum absolute atomic E-state index is 8.41. The smallest absolute Gasteiger partial charge is 0.154 e. The van der Waals surface area contributed by atoms with Gasteiger partial charge in [0.05, 0.1) is 6.07 Å². The molecule has 2 heteroatoms. The Balaban J connectivity index is 2.33. The lowest BCUT2D eigenvalue weighted by molar-refractivity contribution is 0.0832. The Morgan fingerprint density at radius 3 is 2.50 bits per heavy atom. The quantitative estimate of drug-likeness (QED) is 0.534. The highest BCUT2D eigenvalue weighted by atomic mass is 16.5. The first-order valence-electron chi connectivity index (χ1n) is 2.88. The maximum atomic E-state index is 8.41. The molecule has 8 heavy (non-hydrogen) atoms. The van der Waals surface area contributed by atoms with Crippen molar-refractivity contribution in [2.45, 2.75) is 25.4 Å². The minimum absolute atomic E-state index is 0.352. The summed E-state index contributed by atoms with van der Waals surface area (Å²) in [4.78, 5) is 0. The van der Waals surface area contributed by atoms with Gasteiger partial charge in [0.1, 0.15) is 0 Å². The molecule has 1 fully saturated rings. The molecule has 0 aliphatic heterocycles. The molecule has 1 saturated carbocycles. The first kappa shape index (κ1) is 5.58. The van der Waals surface area contributed by atoms with E-state index in [2.05, 4.69) is 6.07 Å². The van der Waals surface area contributed by atoms with E-state index in [1.54, 1.807) is 0 Å². The molecule has 0 N–H and O–H groups in total. The Labute approximate surface area is 49.1 Å². The van der Waals surface area contributed by atoms with E-state index in [-0.39, 0.29) is 5.60 Å². The minimum atomic E-state index is -0.352. The molecule has 1 rings (SSSR count). The highest BCUT2D eigenvalue weighted by Crippen LogP contribution is 2.38. The van der Waals surface area contributed by atoms with E-state index < -0.39 is 0 Å². The van der Waals surface area contributed by atoms with Crippen LogP contribution in [-0.2, 0) is 4.74 Å². The third-order valence-electron chi connectivity index (χ3n) is 1.33. The molecule has 0 amide bonds. The fourth-order valence-corrected chi connectivity index (χ4v) is 0.678. The van der Waals surface area contributed by atoms with Crippen LogP contribution in [0.1, 0.15) is 19.8 Å². The molecule has 2 nitrogen and oxygen atoms in total. The molecule has 0 saturated heterocycles.